The molecule has 0 spiro atoms. The Morgan fingerprint density at radius 3 is 2.57 bits per heavy atom. The van der Waals surface area contributed by atoms with Gasteiger partial charge < -0.3 is 15.2 Å². The SMILES string of the molecule is CCOc1ccc(CN)c(OC)c1.Cl. The van der Waals surface area contributed by atoms with Gasteiger partial charge in [0.25, 0.3) is 0 Å². The third-order valence-electron chi connectivity index (χ3n) is 1.79. The van der Waals surface area contributed by atoms with E-state index in [9.17, 15) is 0 Å². The zero-order valence-corrected chi connectivity index (χ0v) is 9.26. The number of halogens is 1. The van der Waals surface area contributed by atoms with E-state index in [0.29, 0.717) is 13.2 Å². The molecule has 3 nitrogen and oxygen atoms in total. The van der Waals surface area contributed by atoms with Gasteiger partial charge in [0.1, 0.15) is 11.5 Å². The molecule has 0 saturated carbocycles. The maximum atomic E-state index is 5.53. The highest BCUT2D eigenvalue weighted by Gasteiger charge is 2.02. The summed E-state index contributed by atoms with van der Waals surface area (Å²) >= 11 is 0. The van der Waals surface area contributed by atoms with Crippen LogP contribution in [0.3, 0.4) is 0 Å². The lowest BCUT2D eigenvalue weighted by Gasteiger charge is -2.09. The van der Waals surface area contributed by atoms with Crippen LogP contribution in [0.1, 0.15) is 12.5 Å². The molecule has 1 aromatic carbocycles. The molecule has 0 saturated heterocycles. The number of ether oxygens (including phenoxy) is 2. The summed E-state index contributed by atoms with van der Waals surface area (Å²) in [5.74, 6) is 1.60. The van der Waals surface area contributed by atoms with Crippen molar-refractivity contribution >= 4 is 12.4 Å². The molecule has 0 unspecified atom stereocenters. The molecule has 14 heavy (non-hydrogen) atoms. The molecule has 0 bridgehead atoms. The van der Waals surface area contributed by atoms with Crippen LogP contribution in [0.4, 0.5) is 0 Å². The van der Waals surface area contributed by atoms with Crippen LogP contribution >= 0.6 is 12.4 Å². The molecule has 80 valence electrons. The van der Waals surface area contributed by atoms with Gasteiger partial charge in [0.15, 0.2) is 0 Å². The molecule has 4 heteroatoms. The van der Waals surface area contributed by atoms with E-state index in [1.54, 1.807) is 7.11 Å². The lowest BCUT2D eigenvalue weighted by Crippen LogP contribution is -2.00. The van der Waals surface area contributed by atoms with Crippen LogP contribution in [0.25, 0.3) is 0 Å². The molecule has 0 heterocycles. The molecule has 0 fully saturated rings. The summed E-state index contributed by atoms with van der Waals surface area (Å²) in [6.45, 7) is 3.09. The van der Waals surface area contributed by atoms with Gasteiger partial charge in [-0.2, -0.15) is 0 Å². The molecule has 0 radical (unpaired) electrons. The topological polar surface area (TPSA) is 44.5 Å². The largest absolute Gasteiger partial charge is 0.496 e. The maximum absolute atomic E-state index is 5.53. The Balaban J connectivity index is 0.00000169. The van der Waals surface area contributed by atoms with Gasteiger partial charge in [0, 0.05) is 18.2 Å². The fraction of sp³-hybridized carbons (Fsp3) is 0.400. The molecule has 1 aromatic rings. The lowest BCUT2D eigenvalue weighted by atomic mass is 10.2. The Morgan fingerprint density at radius 2 is 2.07 bits per heavy atom. The first-order chi connectivity index (χ1) is 6.31. The van der Waals surface area contributed by atoms with Crippen molar-refractivity contribution in [3.63, 3.8) is 0 Å². The van der Waals surface area contributed by atoms with Gasteiger partial charge in [-0.25, -0.2) is 0 Å². The highest BCUT2D eigenvalue weighted by molar-refractivity contribution is 5.85. The van der Waals surface area contributed by atoms with Gasteiger partial charge in [-0.1, -0.05) is 6.07 Å². The Kier molecular flexibility index (Phi) is 6.08. The van der Waals surface area contributed by atoms with Gasteiger partial charge >= 0.3 is 0 Å². The van der Waals surface area contributed by atoms with E-state index in [1.165, 1.54) is 0 Å². The van der Waals surface area contributed by atoms with E-state index in [2.05, 4.69) is 0 Å². The van der Waals surface area contributed by atoms with Crippen molar-refractivity contribution in [2.75, 3.05) is 13.7 Å². The summed E-state index contributed by atoms with van der Waals surface area (Å²) in [6, 6.07) is 5.67. The Bertz CT molecular complexity index is 279. The van der Waals surface area contributed by atoms with Crippen molar-refractivity contribution in [3.8, 4) is 11.5 Å². The van der Waals surface area contributed by atoms with Crippen LogP contribution in [0.2, 0.25) is 0 Å². The molecular weight excluding hydrogens is 202 g/mol. The van der Waals surface area contributed by atoms with Crippen molar-refractivity contribution in [2.24, 2.45) is 5.73 Å². The smallest absolute Gasteiger partial charge is 0.127 e. The number of methoxy groups -OCH3 is 1. The number of rotatable bonds is 4. The zero-order chi connectivity index (χ0) is 9.68. The summed E-state index contributed by atoms with van der Waals surface area (Å²) in [5, 5.41) is 0. The van der Waals surface area contributed by atoms with E-state index in [4.69, 9.17) is 15.2 Å². The second kappa shape index (κ2) is 6.51. The van der Waals surface area contributed by atoms with Gasteiger partial charge in [0.05, 0.1) is 13.7 Å². The Hall–Kier alpha value is -0.930. The minimum atomic E-state index is 0. The number of hydrogen-bond donors (Lipinski definition) is 1. The normalized spacial score (nSPS) is 9.07. The lowest BCUT2D eigenvalue weighted by molar-refractivity contribution is 0.335. The Labute approximate surface area is 90.6 Å². The minimum Gasteiger partial charge on any atom is -0.496 e. The summed E-state index contributed by atoms with van der Waals surface area (Å²) in [5.41, 5.74) is 6.52. The average Bonchev–Trinajstić information content (AvgIpc) is 2.18. The quantitative estimate of drug-likeness (QED) is 0.839. The van der Waals surface area contributed by atoms with Crippen molar-refractivity contribution in [1.29, 1.82) is 0 Å². The van der Waals surface area contributed by atoms with Crippen molar-refractivity contribution in [2.45, 2.75) is 13.5 Å². The van der Waals surface area contributed by atoms with E-state index >= 15 is 0 Å². The first kappa shape index (κ1) is 13.1. The second-order valence-corrected chi connectivity index (χ2v) is 2.61. The molecule has 0 aliphatic rings. The number of benzene rings is 1. The molecule has 2 N–H and O–H groups in total. The second-order valence-electron chi connectivity index (χ2n) is 2.61. The van der Waals surface area contributed by atoms with Gasteiger partial charge in [0.2, 0.25) is 0 Å². The molecule has 0 atom stereocenters. The standard InChI is InChI=1S/C10H15NO2.ClH/c1-3-13-9-5-4-8(7-11)10(6-9)12-2;/h4-6H,3,7,11H2,1-2H3;1H. The molecule has 0 aliphatic carbocycles. The van der Waals surface area contributed by atoms with Crippen molar-refractivity contribution in [1.82, 2.24) is 0 Å². The predicted molar refractivity (Wildman–Crippen MR) is 59.3 cm³/mol. The minimum absolute atomic E-state index is 0. The van der Waals surface area contributed by atoms with Crippen LogP contribution < -0.4 is 15.2 Å². The zero-order valence-electron chi connectivity index (χ0n) is 8.45. The molecule has 1 rings (SSSR count). The molecule has 0 aromatic heterocycles. The third kappa shape index (κ3) is 3.09. The highest BCUT2D eigenvalue weighted by atomic mass is 35.5. The maximum Gasteiger partial charge on any atom is 0.127 e. The van der Waals surface area contributed by atoms with Crippen LogP contribution in [0, 0.1) is 0 Å². The summed E-state index contributed by atoms with van der Waals surface area (Å²) in [4.78, 5) is 0. The fourth-order valence-electron chi connectivity index (χ4n) is 1.15. The van der Waals surface area contributed by atoms with Crippen molar-refractivity contribution in [3.05, 3.63) is 23.8 Å². The van der Waals surface area contributed by atoms with E-state index in [0.717, 1.165) is 17.1 Å². The monoisotopic (exact) mass is 217 g/mol. The highest BCUT2D eigenvalue weighted by Crippen LogP contribution is 2.24. The summed E-state index contributed by atoms with van der Waals surface area (Å²) in [7, 11) is 1.63. The third-order valence-corrected chi connectivity index (χ3v) is 1.79. The average molecular weight is 218 g/mol. The molecule has 0 aliphatic heterocycles. The Morgan fingerprint density at radius 1 is 1.36 bits per heavy atom. The van der Waals surface area contributed by atoms with Gasteiger partial charge in [-0.15, -0.1) is 12.4 Å². The number of hydrogen-bond acceptors (Lipinski definition) is 3. The molecular formula is C10H16ClNO2. The fourth-order valence-corrected chi connectivity index (χ4v) is 1.15. The van der Waals surface area contributed by atoms with Crippen molar-refractivity contribution < 1.29 is 9.47 Å². The summed E-state index contributed by atoms with van der Waals surface area (Å²) in [6.07, 6.45) is 0. The first-order valence-electron chi connectivity index (χ1n) is 4.31. The van der Waals surface area contributed by atoms with Crippen LogP contribution in [0.15, 0.2) is 18.2 Å². The van der Waals surface area contributed by atoms with Crippen LogP contribution in [0.5, 0.6) is 11.5 Å². The van der Waals surface area contributed by atoms with E-state index in [-0.39, 0.29) is 12.4 Å². The summed E-state index contributed by atoms with van der Waals surface area (Å²) < 4.78 is 10.5. The van der Waals surface area contributed by atoms with Gasteiger partial charge in [-0.3, -0.25) is 0 Å². The van der Waals surface area contributed by atoms with E-state index in [1.807, 2.05) is 25.1 Å². The van der Waals surface area contributed by atoms with Gasteiger partial charge in [-0.05, 0) is 13.0 Å². The van der Waals surface area contributed by atoms with Crippen LogP contribution in [-0.4, -0.2) is 13.7 Å². The number of nitrogens with two attached hydrogens (primary N) is 1. The van der Waals surface area contributed by atoms with Crippen LogP contribution in [-0.2, 0) is 6.54 Å². The predicted octanol–water partition coefficient (Wildman–Crippen LogP) is 1.97. The molecule has 0 amide bonds. The first-order valence-corrected chi connectivity index (χ1v) is 4.31. The van der Waals surface area contributed by atoms with E-state index < -0.39 is 0 Å².